The number of anilines is 3. The minimum atomic E-state index is -0.114. The van der Waals surface area contributed by atoms with Gasteiger partial charge in [0.2, 0.25) is 0 Å². The fraction of sp³-hybridized carbons (Fsp3) is 0.333. The van der Waals surface area contributed by atoms with Crippen molar-refractivity contribution in [1.29, 1.82) is 0 Å². The molecule has 156 valence electrons. The van der Waals surface area contributed by atoms with Gasteiger partial charge in [0.05, 0.1) is 23.4 Å². The Labute approximate surface area is 176 Å². The summed E-state index contributed by atoms with van der Waals surface area (Å²) < 4.78 is 0. The van der Waals surface area contributed by atoms with Crippen LogP contribution in [0.1, 0.15) is 48.5 Å². The first-order valence-electron chi connectivity index (χ1n) is 10.6. The molecule has 0 spiro atoms. The van der Waals surface area contributed by atoms with Gasteiger partial charge in [-0.1, -0.05) is 31.5 Å². The maximum absolute atomic E-state index is 12.9. The van der Waals surface area contributed by atoms with E-state index in [-0.39, 0.29) is 18.6 Å². The summed E-state index contributed by atoms with van der Waals surface area (Å²) in [7, 11) is 0. The Morgan fingerprint density at radius 2 is 2.00 bits per heavy atom. The van der Waals surface area contributed by atoms with Crippen LogP contribution in [0.15, 0.2) is 48.7 Å². The zero-order valence-electron chi connectivity index (χ0n) is 17.2. The molecule has 4 N–H and O–H groups in total. The van der Waals surface area contributed by atoms with Gasteiger partial charge in [0.25, 0.3) is 5.91 Å². The first kappa shape index (κ1) is 20.2. The number of hydrogen-bond donors (Lipinski definition) is 4. The number of aliphatic hydroxyl groups excluding tert-OH is 1. The molecular weight excluding hydrogens is 376 g/mol. The van der Waals surface area contributed by atoms with Crippen LogP contribution in [0.5, 0.6) is 0 Å². The predicted octanol–water partition coefficient (Wildman–Crippen LogP) is 4.57. The minimum Gasteiger partial charge on any atom is -0.392 e. The molecule has 1 heterocycles. The van der Waals surface area contributed by atoms with Crippen molar-refractivity contribution < 1.29 is 9.90 Å². The van der Waals surface area contributed by atoms with Crippen LogP contribution in [0.2, 0.25) is 0 Å². The van der Waals surface area contributed by atoms with Crippen molar-refractivity contribution in [3.63, 3.8) is 0 Å². The molecule has 1 fully saturated rings. The molecule has 0 saturated heterocycles. The number of aliphatic hydroxyl groups is 1. The molecule has 4 rings (SSSR count). The molecular formula is C24H28N4O2. The summed E-state index contributed by atoms with van der Waals surface area (Å²) in [6.45, 7) is 2.90. The Balaban J connectivity index is 1.81. The van der Waals surface area contributed by atoms with E-state index < -0.39 is 0 Å². The molecule has 0 atom stereocenters. The van der Waals surface area contributed by atoms with Crippen molar-refractivity contribution in [2.24, 2.45) is 0 Å². The number of pyridine rings is 1. The van der Waals surface area contributed by atoms with E-state index >= 15 is 0 Å². The average molecular weight is 405 g/mol. The van der Waals surface area contributed by atoms with Crippen molar-refractivity contribution in [2.75, 3.05) is 17.2 Å². The Morgan fingerprint density at radius 1 is 1.20 bits per heavy atom. The first-order valence-corrected chi connectivity index (χ1v) is 10.6. The molecule has 3 aromatic rings. The summed E-state index contributed by atoms with van der Waals surface area (Å²) in [5, 5.41) is 20.6. The third-order valence-corrected chi connectivity index (χ3v) is 5.31. The summed E-state index contributed by atoms with van der Waals surface area (Å²) in [6, 6.07) is 14.0. The normalized spacial score (nSPS) is 13.3. The maximum atomic E-state index is 12.9. The zero-order valence-corrected chi connectivity index (χ0v) is 17.2. The second-order valence-electron chi connectivity index (χ2n) is 7.75. The third kappa shape index (κ3) is 4.54. The summed E-state index contributed by atoms with van der Waals surface area (Å²) in [6.07, 6.45) is 5.80. The Morgan fingerprint density at radius 3 is 2.70 bits per heavy atom. The highest BCUT2D eigenvalue weighted by molar-refractivity contribution is 6.09. The Hall–Kier alpha value is -3.12. The topological polar surface area (TPSA) is 86.3 Å². The van der Waals surface area contributed by atoms with Gasteiger partial charge in [-0.05, 0) is 43.5 Å². The van der Waals surface area contributed by atoms with Crippen LogP contribution in [0, 0.1) is 0 Å². The Bertz CT molecular complexity index is 1030. The summed E-state index contributed by atoms with van der Waals surface area (Å²) >= 11 is 0. The zero-order chi connectivity index (χ0) is 20.9. The van der Waals surface area contributed by atoms with Crippen molar-refractivity contribution in [1.82, 2.24) is 10.3 Å². The molecule has 1 aliphatic rings. The van der Waals surface area contributed by atoms with Crippen LogP contribution in [0.25, 0.3) is 10.9 Å². The second kappa shape index (κ2) is 9.13. The van der Waals surface area contributed by atoms with Crippen LogP contribution in [-0.4, -0.2) is 28.6 Å². The molecule has 0 bridgehead atoms. The molecule has 0 radical (unpaired) electrons. The van der Waals surface area contributed by atoms with Crippen molar-refractivity contribution in [2.45, 2.75) is 45.3 Å². The molecule has 1 aromatic heterocycles. The fourth-order valence-electron chi connectivity index (χ4n) is 3.44. The van der Waals surface area contributed by atoms with Crippen LogP contribution >= 0.6 is 0 Å². The molecule has 6 nitrogen and oxygen atoms in total. The van der Waals surface area contributed by atoms with Gasteiger partial charge in [-0.25, -0.2) is 0 Å². The standard InChI is InChI=1S/C24H28N4O2/c1-2-3-11-25-21-13-19-22(12-16(21)15-29)26-14-20(24(30)28-18-9-10-18)23(19)27-17-7-5-4-6-8-17/h4-8,12-14,18,25,29H,2-3,9-11,15H2,1H3,(H,26,27)(H,28,30). The fourth-order valence-corrected chi connectivity index (χ4v) is 3.44. The van der Waals surface area contributed by atoms with Gasteiger partial charge in [0.15, 0.2) is 0 Å². The lowest BCUT2D eigenvalue weighted by Crippen LogP contribution is -2.26. The predicted molar refractivity (Wildman–Crippen MR) is 121 cm³/mol. The van der Waals surface area contributed by atoms with Crippen molar-refractivity contribution in [3.05, 3.63) is 59.8 Å². The van der Waals surface area contributed by atoms with Gasteiger partial charge in [-0.2, -0.15) is 0 Å². The van der Waals surface area contributed by atoms with Gasteiger partial charge in [0, 0.05) is 41.1 Å². The van der Waals surface area contributed by atoms with Gasteiger partial charge < -0.3 is 21.1 Å². The maximum Gasteiger partial charge on any atom is 0.255 e. The lowest BCUT2D eigenvalue weighted by Gasteiger charge is -2.17. The van der Waals surface area contributed by atoms with E-state index in [4.69, 9.17) is 0 Å². The van der Waals surface area contributed by atoms with E-state index in [1.54, 1.807) is 6.20 Å². The number of benzene rings is 2. The highest BCUT2D eigenvalue weighted by Gasteiger charge is 2.26. The minimum absolute atomic E-state index is 0.0720. The van der Waals surface area contributed by atoms with Gasteiger partial charge >= 0.3 is 0 Å². The number of aromatic nitrogens is 1. The van der Waals surface area contributed by atoms with Gasteiger partial charge in [-0.15, -0.1) is 0 Å². The molecule has 6 heteroatoms. The SMILES string of the molecule is CCCCNc1cc2c(Nc3ccccc3)c(C(=O)NC3CC3)cnc2cc1CO. The number of hydrogen-bond acceptors (Lipinski definition) is 5. The molecule has 1 saturated carbocycles. The summed E-state index contributed by atoms with van der Waals surface area (Å²) in [5.74, 6) is -0.114. The highest BCUT2D eigenvalue weighted by atomic mass is 16.3. The van der Waals surface area contributed by atoms with Crippen LogP contribution < -0.4 is 16.0 Å². The molecule has 30 heavy (non-hydrogen) atoms. The average Bonchev–Trinajstić information content (AvgIpc) is 3.58. The molecule has 1 amide bonds. The van der Waals surface area contributed by atoms with E-state index in [1.807, 2.05) is 42.5 Å². The lowest BCUT2D eigenvalue weighted by atomic mass is 10.0. The molecule has 0 aliphatic heterocycles. The van der Waals surface area contributed by atoms with E-state index in [1.165, 1.54) is 0 Å². The molecule has 0 unspecified atom stereocenters. The smallest absolute Gasteiger partial charge is 0.255 e. The quantitative estimate of drug-likeness (QED) is 0.392. The largest absolute Gasteiger partial charge is 0.392 e. The second-order valence-corrected chi connectivity index (χ2v) is 7.75. The third-order valence-electron chi connectivity index (χ3n) is 5.31. The number of amides is 1. The van der Waals surface area contributed by atoms with E-state index in [0.29, 0.717) is 5.56 Å². The molecule has 1 aliphatic carbocycles. The number of carbonyl (C=O) groups excluding carboxylic acids is 1. The number of carbonyl (C=O) groups is 1. The summed E-state index contributed by atoms with van der Waals surface area (Å²) in [4.78, 5) is 17.5. The highest BCUT2D eigenvalue weighted by Crippen LogP contribution is 2.33. The van der Waals surface area contributed by atoms with Crippen molar-refractivity contribution in [3.8, 4) is 0 Å². The van der Waals surface area contributed by atoms with Crippen LogP contribution in [0.4, 0.5) is 17.1 Å². The first-order chi connectivity index (χ1) is 14.7. The van der Waals surface area contributed by atoms with E-state index in [0.717, 1.165) is 65.8 Å². The van der Waals surface area contributed by atoms with Gasteiger partial charge in [-0.3, -0.25) is 9.78 Å². The lowest BCUT2D eigenvalue weighted by molar-refractivity contribution is 0.0951. The number of nitrogens with one attached hydrogen (secondary N) is 3. The van der Waals surface area contributed by atoms with Crippen LogP contribution in [0.3, 0.4) is 0 Å². The van der Waals surface area contributed by atoms with Crippen molar-refractivity contribution >= 4 is 33.9 Å². The number of fused-ring (bicyclic) bond motifs is 1. The van der Waals surface area contributed by atoms with E-state index in [9.17, 15) is 9.90 Å². The summed E-state index contributed by atoms with van der Waals surface area (Å²) in [5.41, 5.74) is 4.56. The van der Waals surface area contributed by atoms with Gasteiger partial charge in [0.1, 0.15) is 0 Å². The number of nitrogens with zero attached hydrogens (tertiary/aromatic N) is 1. The molecule has 2 aromatic carbocycles. The number of para-hydroxylation sites is 1. The Kier molecular flexibility index (Phi) is 6.14. The van der Waals surface area contributed by atoms with E-state index in [2.05, 4.69) is 27.9 Å². The monoisotopic (exact) mass is 404 g/mol. The number of unbranched alkanes of at least 4 members (excludes halogenated alkanes) is 1. The number of rotatable bonds is 9. The van der Waals surface area contributed by atoms with Crippen LogP contribution in [-0.2, 0) is 6.61 Å².